The lowest BCUT2D eigenvalue weighted by atomic mass is 9.66. The second-order valence-electron chi connectivity index (χ2n) is 5.28. The van der Waals surface area contributed by atoms with Gasteiger partial charge in [0.15, 0.2) is 0 Å². The first-order valence-electron chi connectivity index (χ1n) is 5.56. The number of nitrogens with zero attached hydrogens (tertiary/aromatic N) is 3. The molecular formula is C11H21N3. The predicted octanol–water partition coefficient (Wildman–Crippen LogP) is 4.15. The van der Waals surface area contributed by atoms with Crippen molar-refractivity contribution >= 4 is 0 Å². The van der Waals surface area contributed by atoms with Gasteiger partial charge in [0.1, 0.15) is 0 Å². The molecule has 0 N–H and O–H groups in total. The van der Waals surface area contributed by atoms with Crippen molar-refractivity contribution in [1.82, 2.24) is 0 Å². The summed E-state index contributed by atoms with van der Waals surface area (Å²) in [6, 6.07) is 0. The van der Waals surface area contributed by atoms with E-state index in [1.807, 2.05) is 0 Å². The fourth-order valence-corrected chi connectivity index (χ4v) is 3.00. The molecule has 0 radical (unpaired) electrons. The van der Waals surface area contributed by atoms with Gasteiger partial charge >= 0.3 is 0 Å². The molecule has 3 heteroatoms. The van der Waals surface area contributed by atoms with Crippen molar-refractivity contribution < 1.29 is 0 Å². The lowest BCUT2D eigenvalue weighted by Crippen LogP contribution is -2.41. The fourth-order valence-electron chi connectivity index (χ4n) is 3.00. The first-order valence-corrected chi connectivity index (χ1v) is 5.56. The van der Waals surface area contributed by atoms with Gasteiger partial charge in [0, 0.05) is 10.5 Å². The Morgan fingerprint density at radius 1 is 1.43 bits per heavy atom. The Morgan fingerprint density at radius 3 is 2.57 bits per heavy atom. The minimum atomic E-state index is -0.152. The van der Waals surface area contributed by atoms with E-state index in [9.17, 15) is 0 Å². The third-order valence-corrected chi connectivity index (χ3v) is 3.61. The Morgan fingerprint density at radius 2 is 2.07 bits per heavy atom. The molecule has 1 fully saturated rings. The molecule has 0 saturated heterocycles. The minimum absolute atomic E-state index is 0.152. The molecular weight excluding hydrogens is 174 g/mol. The van der Waals surface area contributed by atoms with E-state index >= 15 is 0 Å². The Hall–Kier alpha value is -0.690. The van der Waals surface area contributed by atoms with Crippen LogP contribution in [0, 0.1) is 17.8 Å². The maximum absolute atomic E-state index is 8.63. The number of hydrogen-bond acceptors (Lipinski definition) is 1. The molecule has 80 valence electrons. The highest BCUT2D eigenvalue weighted by Crippen LogP contribution is 2.43. The van der Waals surface area contributed by atoms with Gasteiger partial charge in [0.2, 0.25) is 0 Å². The Kier molecular flexibility index (Phi) is 3.43. The van der Waals surface area contributed by atoms with Gasteiger partial charge in [0.25, 0.3) is 0 Å². The molecule has 3 atom stereocenters. The van der Waals surface area contributed by atoms with E-state index in [1.165, 1.54) is 12.8 Å². The summed E-state index contributed by atoms with van der Waals surface area (Å²) in [4.78, 5) is 3.02. The summed E-state index contributed by atoms with van der Waals surface area (Å²) in [6.45, 7) is 8.83. The molecule has 0 spiro atoms. The van der Waals surface area contributed by atoms with Crippen LogP contribution >= 0.6 is 0 Å². The largest absolute Gasteiger partial charge is 0.0872 e. The van der Waals surface area contributed by atoms with Crippen molar-refractivity contribution in [2.45, 2.75) is 52.5 Å². The molecule has 0 aromatic carbocycles. The molecule has 1 rings (SSSR count). The third kappa shape index (κ3) is 2.21. The van der Waals surface area contributed by atoms with Gasteiger partial charge in [-0.05, 0) is 36.1 Å². The van der Waals surface area contributed by atoms with Gasteiger partial charge in [-0.3, -0.25) is 0 Å². The Balaban J connectivity index is 2.88. The second kappa shape index (κ2) is 4.22. The highest BCUT2D eigenvalue weighted by Gasteiger charge is 2.39. The van der Waals surface area contributed by atoms with Gasteiger partial charge in [-0.15, -0.1) is 0 Å². The molecule has 0 heterocycles. The van der Waals surface area contributed by atoms with Crippen molar-refractivity contribution in [1.29, 1.82) is 0 Å². The van der Waals surface area contributed by atoms with Crippen LogP contribution in [0.25, 0.3) is 10.4 Å². The average molecular weight is 195 g/mol. The van der Waals surface area contributed by atoms with E-state index in [2.05, 4.69) is 37.7 Å². The summed E-state index contributed by atoms with van der Waals surface area (Å²) in [5.74, 6) is 1.85. The van der Waals surface area contributed by atoms with E-state index < -0.39 is 0 Å². The normalized spacial score (nSPS) is 38.1. The van der Waals surface area contributed by atoms with Crippen molar-refractivity contribution in [2.75, 3.05) is 0 Å². The number of rotatable bonds is 2. The first kappa shape index (κ1) is 11.4. The molecule has 1 aliphatic carbocycles. The number of azide groups is 1. The quantitative estimate of drug-likeness (QED) is 0.361. The summed E-state index contributed by atoms with van der Waals surface area (Å²) in [6.07, 6.45) is 3.52. The van der Waals surface area contributed by atoms with E-state index in [-0.39, 0.29) is 5.54 Å². The van der Waals surface area contributed by atoms with Crippen LogP contribution in [-0.2, 0) is 0 Å². The van der Waals surface area contributed by atoms with Crippen LogP contribution in [0.4, 0.5) is 0 Å². The van der Waals surface area contributed by atoms with Crippen molar-refractivity contribution in [3.05, 3.63) is 10.4 Å². The summed E-state index contributed by atoms with van der Waals surface area (Å²) < 4.78 is 0. The van der Waals surface area contributed by atoms with Crippen molar-refractivity contribution in [3.63, 3.8) is 0 Å². The fraction of sp³-hybridized carbons (Fsp3) is 1.00. The Bertz CT molecular complexity index is 243. The highest BCUT2D eigenvalue weighted by molar-refractivity contribution is 4.96. The van der Waals surface area contributed by atoms with Gasteiger partial charge in [-0.1, -0.05) is 39.2 Å². The van der Waals surface area contributed by atoms with Crippen LogP contribution < -0.4 is 0 Å². The topological polar surface area (TPSA) is 48.8 Å². The van der Waals surface area contributed by atoms with Gasteiger partial charge in [0.05, 0.1) is 0 Å². The smallest absolute Gasteiger partial charge is 0.0493 e. The SMILES string of the molecule is CC(C)[C@@H]1CC[C@@H](C)C[C@@]1(C)N=[N+]=[N-]. The van der Waals surface area contributed by atoms with E-state index in [1.54, 1.807) is 0 Å². The summed E-state index contributed by atoms with van der Waals surface area (Å²) in [5.41, 5.74) is 8.48. The first-order chi connectivity index (χ1) is 6.49. The van der Waals surface area contributed by atoms with Crippen LogP contribution in [0.3, 0.4) is 0 Å². The van der Waals surface area contributed by atoms with Crippen molar-refractivity contribution in [3.8, 4) is 0 Å². The lowest BCUT2D eigenvalue weighted by Gasteiger charge is -2.43. The predicted molar refractivity (Wildman–Crippen MR) is 58.9 cm³/mol. The van der Waals surface area contributed by atoms with Crippen LogP contribution in [0.2, 0.25) is 0 Å². The van der Waals surface area contributed by atoms with Crippen LogP contribution in [0.5, 0.6) is 0 Å². The van der Waals surface area contributed by atoms with E-state index in [4.69, 9.17) is 5.53 Å². The Labute approximate surface area is 86.5 Å². The molecule has 3 nitrogen and oxygen atoms in total. The molecule has 14 heavy (non-hydrogen) atoms. The van der Waals surface area contributed by atoms with Crippen LogP contribution in [-0.4, -0.2) is 5.54 Å². The molecule has 0 bridgehead atoms. The van der Waals surface area contributed by atoms with Gasteiger partial charge in [-0.25, -0.2) is 0 Å². The zero-order valence-corrected chi connectivity index (χ0v) is 9.70. The zero-order valence-electron chi connectivity index (χ0n) is 9.70. The highest BCUT2D eigenvalue weighted by atomic mass is 15.2. The van der Waals surface area contributed by atoms with Gasteiger partial charge < -0.3 is 0 Å². The van der Waals surface area contributed by atoms with E-state index in [0.717, 1.165) is 6.42 Å². The maximum Gasteiger partial charge on any atom is 0.0493 e. The number of hydrogen-bond donors (Lipinski definition) is 0. The molecule has 1 aliphatic rings. The molecule has 0 unspecified atom stereocenters. The molecule has 1 saturated carbocycles. The maximum atomic E-state index is 8.63. The van der Waals surface area contributed by atoms with E-state index in [0.29, 0.717) is 17.8 Å². The summed E-state index contributed by atoms with van der Waals surface area (Å²) in [7, 11) is 0. The summed E-state index contributed by atoms with van der Waals surface area (Å²) >= 11 is 0. The molecule has 0 aromatic rings. The average Bonchev–Trinajstić information content (AvgIpc) is 2.02. The molecule has 0 aromatic heterocycles. The van der Waals surface area contributed by atoms with Crippen LogP contribution in [0.15, 0.2) is 5.11 Å². The third-order valence-electron chi connectivity index (χ3n) is 3.61. The summed E-state index contributed by atoms with van der Waals surface area (Å²) in [5, 5.41) is 4.05. The zero-order chi connectivity index (χ0) is 10.8. The lowest BCUT2D eigenvalue weighted by molar-refractivity contribution is 0.125. The standard InChI is InChI=1S/C11H21N3/c1-8(2)10-6-5-9(3)7-11(10,4)13-14-12/h8-10H,5-7H2,1-4H3/t9-,10+,11-/m1/s1. The van der Waals surface area contributed by atoms with Crippen molar-refractivity contribution in [2.24, 2.45) is 22.9 Å². The molecule has 0 aliphatic heterocycles. The minimum Gasteiger partial charge on any atom is -0.0872 e. The molecule has 0 amide bonds. The van der Waals surface area contributed by atoms with Gasteiger partial charge in [-0.2, -0.15) is 0 Å². The monoisotopic (exact) mass is 195 g/mol. The van der Waals surface area contributed by atoms with Crippen LogP contribution in [0.1, 0.15) is 47.0 Å². The second-order valence-corrected chi connectivity index (χ2v) is 5.28.